The molecule has 0 aliphatic carbocycles. The molecular weight excluding hydrogens is 1040 g/mol. The number of unbranched alkanes of at least 4 members (excludes halogenated alkanes) is 1. The minimum atomic E-state index is -5.87. The molecule has 1 aromatic heterocycles. The average molecular weight is 1100 g/mol. The van der Waals surface area contributed by atoms with Gasteiger partial charge in [-0.05, 0) is 99.0 Å². The number of hydrogen-bond acceptors (Lipinski definition) is 12. The average Bonchev–Trinajstić information content (AvgIpc) is 4.14. The SMILES string of the molecule is CN1CC[C@H]2CC[C@@H](C(=O)N[C@@H](CCC(N)=O)C(=O)N[C@H](C(=O)NCCCC#Cc3cccc4c3CN(C3CCC(=O)NC3=O)C4=O)c3ccccc3)N2C(=O)[C@@H](NC(=O)c2cc3cc(C(F)(F)P(=O)(O)O)ccc3s2)C1. The molecule has 77 heavy (non-hydrogen) atoms. The van der Waals surface area contributed by atoms with Gasteiger partial charge in [0.15, 0.2) is 0 Å². The summed E-state index contributed by atoms with van der Waals surface area (Å²) in [5, 5.41) is 13.4. The number of likely N-dealkylation sites (N-methyl/N-ethyl adjacent to an activating group) is 1. The quantitative estimate of drug-likeness (QED) is 0.0326. The number of primary amides is 1. The number of nitrogens with zero attached hydrogens (tertiary/aromatic N) is 3. The number of benzene rings is 3. The van der Waals surface area contributed by atoms with Crippen molar-refractivity contribution in [2.45, 2.75) is 106 Å². The Balaban J connectivity index is 0.909. The van der Waals surface area contributed by atoms with Crippen LogP contribution in [-0.4, -0.2) is 135 Å². The van der Waals surface area contributed by atoms with E-state index in [2.05, 4.69) is 38.4 Å². The number of fused-ring (bicyclic) bond motifs is 3. The molecule has 9 amide bonds. The van der Waals surface area contributed by atoms with Crippen LogP contribution in [0.3, 0.4) is 0 Å². The van der Waals surface area contributed by atoms with Gasteiger partial charge in [0.25, 0.3) is 11.8 Å². The van der Waals surface area contributed by atoms with Crippen molar-refractivity contribution in [1.82, 2.24) is 41.3 Å². The summed E-state index contributed by atoms with van der Waals surface area (Å²) in [6, 6.07) is 11.5. The van der Waals surface area contributed by atoms with Crippen molar-refractivity contribution < 1.29 is 66.3 Å². The molecule has 21 nitrogen and oxygen atoms in total. The topological polar surface area (TPSA) is 307 Å². The molecule has 6 atom stereocenters. The summed E-state index contributed by atoms with van der Waals surface area (Å²) in [4.78, 5) is 143. The number of imide groups is 1. The van der Waals surface area contributed by atoms with Gasteiger partial charge in [-0.2, -0.15) is 8.78 Å². The van der Waals surface area contributed by atoms with Gasteiger partial charge in [0.2, 0.25) is 41.4 Å². The van der Waals surface area contributed by atoms with E-state index in [4.69, 9.17) is 5.73 Å². The molecule has 3 fully saturated rings. The van der Waals surface area contributed by atoms with Crippen LogP contribution in [0.5, 0.6) is 0 Å². The van der Waals surface area contributed by atoms with Gasteiger partial charge < -0.3 is 51.5 Å². The van der Waals surface area contributed by atoms with E-state index in [0.29, 0.717) is 59.2 Å². The summed E-state index contributed by atoms with van der Waals surface area (Å²) in [7, 11) is -4.11. The lowest BCUT2D eigenvalue weighted by atomic mass is 10.0. The fraction of sp³-hybridized carbons (Fsp3) is 0.404. The Morgan fingerprint density at radius 1 is 0.948 bits per heavy atom. The summed E-state index contributed by atoms with van der Waals surface area (Å²) in [6.45, 7) is 0.800. The zero-order valence-electron chi connectivity index (χ0n) is 41.6. The van der Waals surface area contributed by atoms with E-state index >= 15 is 0 Å². The zero-order valence-corrected chi connectivity index (χ0v) is 43.3. The van der Waals surface area contributed by atoms with Crippen LogP contribution in [0.1, 0.15) is 106 Å². The van der Waals surface area contributed by atoms with Crippen LogP contribution in [-0.2, 0) is 50.3 Å². The minimum Gasteiger partial charge on any atom is -0.370 e. The molecule has 0 bridgehead atoms. The highest BCUT2D eigenvalue weighted by atomic mass is 32.1. The fourth-order valence-corrected chi connectivity index (χ4v) is 11.4. The molecule has 9 N–H and O–H groups in total. The van der Waals surface area contributed by atoms with Crippen molar-refractivity contribution in [2.24, 2.45) is 5.73 Å². The number of thiophene rings is 1. The summed E-state index contributed by atoms with van der Waals surface area (Å²) in [6.07, 6.45) is 1.53. The van der Waals surface area contributed by atoms with Gasteiger partial charge in [0.05, 0.1) is 4.88 Å². The van der Waals surface area contributed by atoms with Gasteiger partial charge in [-0.25, -0.2) is 0 Å². The van der Waals surface area contributed by atoms with Crippen LogP contribution >= 0.6 is 18.9 Å². The van der Waals surface area contributed by atoms with Crippen molar-refractivity contribution in [3.05, 3.63) is 105 Å². The fourth-order valence-electron chi connectivity index (χ4n) is 10.00. The summed E-state index contributed by atoms with van der Waals surface area (Å²) in [5.41, 5.74) is 2.19. The lowest BCUT2D eigenvalue weighted by Gasteiger charge is -2.38. The van der Waals surface area contributed by atoms with Crippen molar-refractivity contribution in [1.29, 1.82) is 0 Å². The number of piperidine rings is 1. The van der Waals surface area contributed by atoms with E-state index in [1.165, 1.54) is 21.9 Å². The predicted octanol–water partition coefficient (Wildman–Crippen LogP) is 2.24. The molecule has 1 unspecified atom stereocenters. The van der Waals surface area contributed by atoms with Crippen LogP contribution < -0.4 is 32.3 Å². The molecule has 406 valence electrons. The predicted molar refractivity (Wildman–Crippen MR) is 274 cm³/mol. The van der Waals surface area contributed by atoms with E-state index in [-0.39, 0.29) is 73.8 Å². The van der Waals surface area contributed by atoms with E-state index in [1.807, 2.05) is 4.90 Å². The molecule has 0 saturated carbocycles. The van der Waals surface area contributed by atoms with Crippen molar-refractivity contribution in [2.75, 3.05) is 26.7 Å². The monoisotopic (exact) mass is 1100 g/mol. The number of amides is 9. The molecule has 3 aromatic carbocycles. The number of hydrogen-bond donors (Lipinski definition) is 8. The molecule has 0 radical (unpaired) electrons. The minimum absolute atomic E-state index is 0.0207. The van der Waals surface area contributed by atoms with Gasteiger partial charge in [0.1, 0.15) is 30.2 Å². The Bertz CT molecular complexity index is 3140. The molecular formula is C52H56F2N9O12PS. The molecule has 25 heteroatoms. The second-order valence-corrected chi connectivity index (χ2v) is 22.1. The molecule has 0 spiro atoms. The Kier molecular flexibility index (Phi) is 17.0. The normalized spacial score (nSPS) is 20.6. The van der Waals surface area contributed by atoms with Crippen LogP contribution in [0.25, 0.3) is 10.1 Å². The van der Waals surface area contributed by atoms with Gasteiger partial charge in [-0.3, -0.25) is 53.0 Å². The maximum Gasteiger partial charge on any atom is 0.399 e. The Labute approximate surface area is 444 Å². The number of nitrogens with two attached hydrogens (primary N) is 1. The highest BCUT2D eigenvalue weighted by Gasteiger charge is 2.51. The lowest BCUT2D eigenvalue weighted by molar-refractivity contribution is -0.144. The first-order chi connectivity index (χ1) is 36.6. The first-order valence-electron chi connectivity index (χ1n) is 24.9. The Morgan fingerprint density at radius 3 is 2.44 bits per heavy atom. The van der Waals surface area contributed by atoms with E-state index in [9.17, 15) is 66.3 Å². The third-order valence-electron chi connectivity index (χ3n) is 14.0. The zero-order chi connectivity index (χ0) is 55.3. The van der Waals surface area contributed by atoms with Crippen LogP contribution in [0, 0.1) is 11.8 Å². The molecule has 4 aliphatic rings. The number of alkyl halides is 2. The van der Waals surface area contributed by atoms with Gasteiger partial charge >= 0.3 is 13.3 Å². The third-order valence-corrected chi connectivity index (χ3v) is 16.1. The maximum atomic E-state index is 14.5. The van der Waals surface area contributed by atoms with Gasteiger partial charge in [-0.1, -0.05) is 54.3 Å². The third kappa shape index (κ3) is 12.6. The van der Waals surface area contributed by atoms with Gasteiger partial charge in [-0.15, -0.1) is 11.3 Å². The standard InChI is InChI=1S/C52H56F2N9O12PS/c1-61-24-22-33-15-17-39(63(33)51(72)37(28-61)58-48(69)41-26-31-25-32(14-19-40(31)77-41)52(53,54)76(73,74)75)47(68)57-36(16-20-42(55)64)45(66)60-44(30-10-4-2-5-11-30)49(70)56-23-7-3-6-9-29-12-8-13-34-35(29)27-62(50(34)71)38-18-21-43(65)59-46(38)67/h2,4-5,8,10-14,19,25-26,33,36-39,44H,3,7,15-18,20-24,27-28H2,1H3,(H2,55,64)(H,56,70)(H,57,68)(H,58,69)(H,60,66)(H,59,65,67)(H2,73,74,75)/t33-,36+,37+,38?,39+,44+/m1/s1. The summed E-state index contributed by atoms with van der Waals surface area (Å²) < 4.78 is 40.9. The number of rotatable bonds is 17. The van der Waals surface area contributed by atoms with Crippen molar-refractivity contribution in [3.8, 4) is 11.8 Å². The molecule has 4 aliphatic heterocycles. The van der Waals surface area contributed by atoms with Crippen LogP contribution in [0.4, 0.5) is 8.78 Å². The molecule has 4 aromatic rings. The highest BCUT2D eigenvalue weighted by Crippen LogP contribution is 2.59. The number of carbonyl (C=O) groups excluding carboxylic acids is 9. The number of carbonyl (C=O) groups is 9. The summed E-state index contributed by atoms with van der Waals surface area (Å²) in [5.74, 6) is 0.721. The van der Waals surface area contributed by atoms with E-state index < -0.39 is 96.4 Å². The largest absolute Gasteiger partial charge is 0.399 e. The van der Waals surface area contributed by atoms with Crippen LogP contribution in [0.15, 0.2) is 72.8 Å². The molecule has 3 saturated heterocycles. The second kappa shape index (κ2) is 23.4. The Morgan fingerprint density at radius 2 is 1.71 bits per heavy atom. The second-order valence-electron chi connectivity index (χ2n) is 19.4. The molecule has 5 heterocycles. The first-order valence-corrected chi connectivity index (χ1v) is 27.3. The number of halogens is 2. The van der Waals surface area contributed by atoms with Crippen molar-refractivity contribution >= 4 is 82.2 Å². The van der Waals surface area contributed by atoms with Crippen LogP contribution in [0.2, 0.25) is 0 Å². The molecule has 8 rings (SSSR count). The maximum absolute atomic E-state index is 14.5. The smallest absolute Gasteiger partial charge is 0.370 e. The van der Waals surface area contributed by atoms with Crippen molar-refractivity contribution in [3.63, 3.8) is 0 Å². The first kappa shape index (κ1) is 55.8. The number of nitrogens with one attached hydrogen (secondary N) is 5. The summed E-state index contributed by atoms with van der Waals surface area (Å²) >= 11 is 0.912. The Hall–Kier alpha value is -7.42. The van der Waals surface area contributed by atoms with E-state index in [0.717, 1.165) is 23.5 Å². The lowest BCUT2D eigenvalue weighted by Crippen LogP contribution is -2.61. The van der Waals surface area contributed by atoms with E-state index in [1.54, 1.807) is 55.6 Å². The highest BCUT2D eigenvalue weighted by molar-refractivity contribution is 7.52. The van der Waals surface area contributed by atoms with Gasteiger partial charge in [0, 0.05) is 66.3 Å².